The van der Waals surface area contributed by atoms with E-state index >= 15 is 0 Å². The monoisotopic (exact) mass is 265 g/mol. The van der Waals surface area contributed by atoms with E-state index in [-0.39, 0.29) is 16.6 Å². The van der Waals surface area contributed by atoms with E-state index in [1.165, 1.54) is 6.08 Å². The van der Waals surface area contributed by atoms with Crippen molar-refractivity contribution in [3.05, 3.63) is 36.9 Å². The summed E-state index contributed by atoms with van der Waals surface area (Å²) in [6, 6.07) is 6.44. The fourth-order valence-corrected chi connectivity index (χ4v) is 3.06. The molecule has 2 rings (SSSR count). The lowest BCUT2D eigenvalue weighted by Crippen LogP contribution is -2.23. The van der Waals surface area contributed by atoms with Gasteiger partial charge in [-0.25, -0.2) is 8.42 Å². The van der Waals surface area contributed by atoms with Crippen LogP contribution in [0.5, 0.6) is 0 Å². The predicted molar refractivity (Wildman–Crippen MR) is 70.3 cm³/mol. The fourth-order valence-electron chi connectivity index (χ4n) is 2.01. The van der Waals surface area contributed by atoms with Crippen molar-refractivity contribution in [3.8, 4) is 0 Å². The number of nitrogens with zero attached hydrogens (tertiary/aromatic N) is 1. The molecule has 1 amide bonds. The summed E-state index contributed by atoms with van der Waals surface area (Å²) in [6.45, 7) is 4.14. The highest BCUT2D eigenvalue weighted by Crippen LogP contribution is 2.23. The van der Waals surface area contributed by atoms with Crippen molar-refractivity contribution in [2.24, 2.45) is 0 Å². The van der Waals surface area contributed by atoms with Gasteiger partial charge in [0.05, 0.1) is 10.6 Å². The molecule has 0 aliphatic carbocycles. The molecule has 0 saturated carbocycles. The molecular formula is C13H15NO3S. The molecule has 1 heterocycles. The van der Waals surface area contributed by atoms with Gasteiger partial charge in [-0.3, -0.25) is 4.79 Å². The van der Waals surface area contributed by atoms with Gasteiger partial charge in [0, 0.05) is 18.7 Å². The second kappa shape index (κ2) is 4.94. The normalized spacial score (nSPS) is 16.0. The van der Waals surface area contributed by atoms with E-state index in [1.807, 2.05) is 0 Å². The van der Waals surface area contributed by atoms with Crippen molar-refractivity contribution in [2.45, 2.75) is 17.7 Å². The third-order valence-corrected chi connectivity index (χ3v) is 4.58. The van der Waals surface area contributed by atoms with Gasteiger partial charge in [0.2, 0.25) is 5.91 Å². The van der Waals surface area contributed by atoms with Gasteiger partial charge in [-0.15, -0.1) is 6.58 Å². The van der Waals surface area contributed by atoms with Crippen molar-refractivity contribution < 1.29 is 13.2 Å². The molecule has 0 radical (unpaired) electrons. The number of hydrogen-bond donors (Lipinski definition) is 0. The molecule has 0 bridgehead atoms. The molecule has 0 N–H and O–H groups in total. The molecule has 1 aromatic rings. The van der Waals surface area contributed by atoms with Gasteiger partial charge in [-0.1, -0.05) is 6.08 Å². The van der Waals surface area contributed by atoms with E-state index < -0.39 is 9.84 Å². The molecule has 1 aliphatic rings. The quantitative estimate of drug-likeness (QED) is 0.780. The molecule has 1 aliphatic heterocycles. The Morgan fingerprint density at radius 3 is 2.44 bits per heavy atom. The largest absolute Gasteiger partial charge is 0.312 e. The molecule has 96 valence electrons. The van der Waals surface area contributed by atoms with Gasteiger partial charge >= 0.3 is 0 Å². The summed E-state index contributed by atoms with van der Waals surface area (Å²) in [5, 5.41) is 0. The smallest absolute Gasteiger partial charge is 0.227 e. The second-order valence-corrected chi connectivity index (χ2v) is 6.25. The molecule has 4 nitrogen and oxygen atoms in total. The van der Waals surface area contributed by atoms with E-state index in [0.29, 0.717) is 13.0 Å². The van der Waals surface area contributed by atoms with Gasteiger partial charge in [-0.05, 0) is 30.7 Å². The Kier molecular flexibility index (Phi) is 3.52. The van der Waals surface area contributed by atoms with Crippen LogP contribution in [0, 0.1) is 0 Å². The van der Waals surface area contributed by atoms with Crippen LogP contribution >= 0.6 is 0 Å². The maximum Gasteiger partial charge on any atom is 0.227 e. The maximum absolute atomic E-state index is 11.8. The molecule has 1 aromatic carbocycles. The SMILES string of the molecule is C=CCS(=O)(=O)c1ccc(N2CCCC2=O)cc1. The highest BCUT2D eigenvalue weighted by Gasteiger charge is 2.22. The first-order chi connectivity index (χ1) is 8.54. The van der Waals surface area contributed by atoms with E-state index in [2.05, 4.69) is 6.58 Å². The lowest BCUT2D eigenvalue weighted by atomic mass is 10.3. The van der Waals surface area contributed by atoms with Crippen LogP contribution in [0.4, 0.5) is 5.69 Å². The van der Waals surface area contributed by atoms with E-state index in [0.717, 1.165) is 12.1 Å². The lowest BCUT2D eigenvalue weighted by molar-refractivity contribution is -0.117. The minimum absolute atomic E-state index is 0.0744. The molecule has 1 saturated heterocycles. The number of carbonyl (C=O) groups excluding carboxylic acids is 1. The second-order valence-electron chi connectivity index (χ2n) is 4.21. The first-order valence-electron chi connectivity index (χ1n) is 5.79. The summed E-state index contributed by atoms with van der Waals surface area (Å²) in [5.74, 6) is 0.0198. The van der Waals surface area contributed by atoms with Crippen LogP contribution in [0.3, 0.4) is 0 Å². The molecule has 5 heteroatoms. The molecule has 0 atom stereocenters. The first-order valence-corrected chi connectivity index (χ1v) is 7.44. The van der Waals surface area contributed by atoms with Crippen LogP contribution in [0.25, 0.3) is 0 Å². The minimum atomic E-state index is -3.29. The fraction of sp³-hybridized carbons (Fsp3) is 0.308. The van der Waals surface area contributed by atoms with E-state index in [1.54, 1.807) is 29.2 Å². The number of benzene rings is 1. The van der Waals surface area contributed by atoms with Gasteiger partial charge in [0.25, 0.3) is 0 Å². The van der Waals surface area contributed by atoms with Crippen molar-refractivity contribution in [3.63, 3.8) is 0 Å². The standard InChI is InChI=1S/C13H15NO3S/c1-2-10-18(16,17)12-7-5-11(6-8-12)14-9-3-4-13(14)15/h2,5-8H,1,3-4,9-10H2. The highest BCUT2D eigenvalue weighted by molar-refractivity contribution is 7.91. The molecule has 0 spiro atoms. The Balaban J connectivity index is 2.25. The van der Waals surface area contributed by atoms with Gasteiger partial charge in [0.15, 0.2) is 9.84 Å². The minimum Gasteiger partial charge on any atom is -0.312 e. The van der Waals surface area contributed by atoms with E-state index in [4.69, 9.17) is 0 Å². The van der Waals surface area contributed by atoms with Crippen molar-refractivity contribution >= 4 is 21.4 Å². The zero-order valence-electron chi connectivity index (χ0n) is 10.0. The number of anilines is 1. The van der Waals surface area contributed by atoms with Gasteiger partial charge in [-0.2, -0.15) is 0 Å². The molecule has 1 fully saturated rings. The van der Waals surface area contributed by atoms with Crippen LogP contribution in [0.1, 0.15) is 12.8 Å². The van der Waals surface area contributed by atoms with Crippen LogP contribution < -0.4 is 4.90 Å². The van der Waals surface area contributed by atoms with Gasteiger partial charge < -0.3 is 4.90 Å². The number of amides is 1. The van der Waals surface area contributed by atoms with Crippen LogP contribution in [0.2, 0.25) is 0 Å². The topological polar surface area (TPSA) is 54.5 Å². The maximum atomic E-state index is 11.8. The summed E-state index contributed by atoms with van der Waals surface area (Å²) in [7, 11) is -3.29. The van der Waals surface area contributed by atoms with Crippen LogP contribution in [-0.2, 0) is 14.6 Å². The molecule has 0 aromatic heterocycles. The van der Waals surface area contributed by atoms with Crippen molar-refractivity contribution in [2.75, 3.05) is 17.2 Å². The number of carbonyl (C=O) groups is 1. The Bertz CT molecular complexity index is 560. The van der Waals surface area contributed by atoms with Crippen molar-refractivity contribution in [1.82, 2.24) is 0 Å². The molecule has 18 heavy (non-hydrogen) atoms. The summed E-state index contributed by atoms with van der Waals surface area (Å²) in [5.41, 5.74) is 0.759. The average Bonchev–Trinajstić information content (AvgIpc) is 2.76. The third kappa shape index (κ3) is 2.46. The van der Waals surface area contributed by atoms with Crippen molar-refractivity contribution in [1.29, 1.82) is 0 Å². The van der Waals surface area contributed by atoms with Crippen LogP contribution in [-0.4, -0.2) is 26.6 Å². The zero-order valence-corrected chi connectivity index (χ0v) is 10.8. The Hall–Kier alpha value is -1.62. The summed E-state index contributed by atoms with van der Waals surface area (Å²) in [6.07, 6.45) is 2.79. The summed E-state index contributed by atoms with van der Waals surface area (Å²) >= 11 is 0. The number of sulfone groups is 1. The number of hydrogen-bond acceptors (Lipinski definition) is 3. The highest BCUT2D eigenvalue weighted by atomic mass is 32.2. The van der Waals surface area contributed by atoms with E-state index in [9.17, 15) is 13.2 Å². The summed E-state index contributed by atoms with van der Waals surface area (Å²) < 4.78 is 23.6. The number of rotatable bonds is 4. The zero-order chi connectivity index (χ0) is 13.2. The molecular weight excluding hydrogens is 250 g/mol. The Labute approximate surface area is 107 Å². The van der Waals surface area contributed by atoms with Crippen LogP contribution in [0.15, 0.2) is 41.8 Å². The average molecular weight is 265 g/mol. The third-order valence-electron chi connectivity index (χ3n) is 2.92. The lowest BCUT2D eigenvalue weighted by Gasteiger charge is -2.15. The Morgan fingerprint density at radius 1 is 1.28 bits per heavy atom. The molecule has 0 unspecified atom stereocenters. The Morgan fingerprint density at radius 2 is 1.94 bits per heavy atom. The predicted octanol–water partition coefficient (Wildman–Crippen LogP) is 1.77. The summed E-state index contributed by atoms with van der Waals surface area (Å²) in [4.78, 5) is 13.5. The van der Waals surface area contributed by atoms with Gasteiger partial charge in [0.1, 0.15) is 0 Å². The first kappa shape index (κ1) is 12.8.